The third-order valence-electron chi connectivity index (χ3n) is 3.93. The van der Waals surface area contributed by atoms with Crippen molar-refractivity contribution in [3.05, 3.63) is 0 Å². The van der Waals surface area contributed by atoms with Gasteiger partial charge < -0.3 is 41.7 Å². The van der Waals surface area contributed by atoms with Crippen molar-refractivity contribution < 1.29 is 41.7 Å². The van der Waals surface area contributed by atoms with Gasteiger partial charge in [-0.25, -0.2) is 0 Å². The fourth-order valence-corrected chi connectivity index (χ4v) is 4.99. The highest BCUT2D eigenvalue weighted by Crippen LogP contribution is 2.18. The van der Waals surface area contributed by atoms with E-state index in [1.807, 2.05) is 20.8 Å². The van der Waals surface area contributed by atoms with E-state index < -0.39 is 8.80 Å². The maximum absolute atomic E-state index is 6.14. The maximum Gasteiger partial charge on any atom is 0.501 e. The highest BCUT2D eigenvalue weighted by Gasteiger charge is 2.40. The highest BCUT2D eigenvalue weighted by atomic mass is 28.4. The van der Waals surface area contributed by atoms with E-state index in [-0.39, 0.29) is 0 Å². The lowest BCUT2D eigenvalue weighted by atomic mass is 10.6. The Bertz CT molecular complexity index is 305. The zero-order valence-electron chi connectivity index (χ0n) is 20.2. The second-order valence-corrected chi connectivity index (χ2v) is 9.14. The van der Waals surface area contributed by atoms with Crippen LogP contribution in [0, 0.1) is 0 Å². The first-order valence-electron chi connectivity index (χ1n) is 11.6. The molecule has 0 amide bonds. The van der Waals surface area contributed by atoms with Crippen molar-refractivity contribution in [2.75, 3.05) is 99.1 Å². The second-order valence-electron chi connectivity index (χ2n) is 6.41. The molecule has 0 fully saturated rings. The van der Waals surface area contributed by atoms with Gasteiger partial charge in [0.15, 0.2) is 0 Å². The third kappa shape index (κ3) is 20.2. The second kappa shape index (κ2) is 24.5. The SMILES string of the molecule is CCC[Si](OCCOCCOCC)(OCCOCCOCC)OCCOCCOCC. The normalized spacial score (nSPS) is 12.0. The van der Waals surface area contributed by atoms with Crippen LogP contribution in [0.3, 0.4) is 0 Å². The molecule has 0 aliphatic heterocycles. The lowest BCUT2D eigenvalue weighted by Gasteiger charge is -2.29. The summed E-state index contributed by atoms with van der Waals surface area (Å²) in [6.45, 7) is 16.1. The van der Waals surface area contributed by atoms with E-state index in [9.17, 15) is 0 Å². The summed E-state index contributed by atoms with van der Waals surface area (Å²) >= 11 is 0. The van der Waals surface area contributed by atoms with E-state index in [0.29, 0.717) is 99.1 Å². The number of hydrogen-bond donors (Lipinski definition) is 0. The van der Waals surface area contributed by atoms with Gasteiger partial charge >= 0.3 is 8.80 Å². The van der Waals surface area contributed by atoms with Crippen LogP contribution in [0.5, 0.6) is 0 Å². The molecule has 0 aliphatic rings. The minimum atomic E-state index is -2.86. The minimum absolute atomic E-state index is 0.411. The molecule has 0 aliphatic carbocycles. The Morgan fingerprint density at radius 1 is 0.387 bits per heavy atom. The molecular weight excluding hydrogens is 424 g/mol. The summed E-state index contributed by atoms with van der Waals surface area (Å²) in [7, 11) is -2.86. The molecule has 0 aromatic rings. The molecule has 0 bridgehead atoms. The zero-order chi connectivity index (χ0) is 22.9. The molecule has 0 rings (SSSR count). The van der Waals surface area contributed by atoms with Gasteiger partial charge in [0.2, 0.25) is 0 Å². The van der Waals surface area contributed by atoms with Crippen LogP contribution in [-0.2, 0) is 41.7 Å². The fraction of sp³-hybridized carbons (Fsp3) is 1.00. The first-order chi connectivity index (χ1) is 15.2. The Balaban J connectivity index is 4.39. The van der Waals surface area contributed by atoms with Crippen LogP contribution in [0.2, 0.25) is 6.04 Å². The van der Waals surface area contributed by atoms with Crippen LogP contribution in [0.15, 0.2) is 0 Å². The molecule has 0 N–H and O–H groups in total. The molecule has 0 saturated heterocycles. The summed E-state index contributed by atoms with van der Waals surface area (Å²) in [6.07, 6.45) is 0.897. The van der Waals surface area contributed by atoms with Crippen molar-refractivity contribution in [2.24, 2.45) is 0 Å². The van der Waals surface area contributed by atoms with Crippen LogP contribution >= 0.6 is 0 Å². The molecule has 188 valence electrons. The zero-order valence-corrected chi connectivity index (χ0v) is 21.2. The van der Waals surface area contributed by atoms with Crippen molar-refractivity contribution in [3.63, 3.8) is 0 Å². The van der Waals surface area contributed by atoms with Crippen LogP contribution in [-0.4, -0.2) is 108 Å². The lowest BCUT2D eigenvalue weighted by Crippen LogP contribution is -2.48. The first kappa shape index (κ1) is 30.9. The van der Waals surface area contributed by atoms with Gasteiger partial charge in [-0.05, 0) is 20.8 Å². The van der Waals surface area contributed by atoms with E-state index in [1.54, 1.807) is 0 Å². The number of rotatable bonds is 26. The molecule has 0 saturated carbocycles. The Labute approximate surface area is 190 Å². The van der Waals surface area contributed by atoms with Gasteiger partial charge in [-0.1, -0.05) is 13.3 Å². The van der Waals surface area contributed by atoms with Gasteiger partial charge in [0.25, 0.3) is 0 Å². The predicted molar refractivity (Wildman–Crippen MR) is 121 cm³/mol. The lowest BCUT2D eigenvalue weighted by molar-refractivity contribution is -0.0148. The predicted octanol–water partition coefficient (Wildman–Crippen LogP) is 2.54. The average molecular weight is 471 g/mol. The van der Waals surface area contributed by atoms with E-state index in [0.717, 1.165) is 12.5 Å². The van der Waals surface area contributed by atoms with E-state index in [2.05, 4.69) is 6.92 Å². The Kier molecular flexibility index (Phi) is 24.4. The Morgan fingerprint density at radius 2 is 0.677 bits per heavy atom. The largest absolute Gasteiger partial charge is 0.501 e. The number of ether oxygens (including phenoxy) is 6. The van der Waals surface area contributed by atoms with Gasteiger partial charge in [-0.15, -0.1) is 0 Å². The standard InChI is InChI=1S/C21H46O9Si/c1-5-21-31(28-18-15-25-12-9-22-6-2,29-19-16-26-13-10-23-7-3)30-20-17-27-14-11-24-8-4/h5-21H2,1-4H3. The Hall–Kier alpha value is -0.143. The van der Waals surface area contributed by atoms with Crippen LogP contribution in [0.1, 0.15) is 34.1 Å². The monoisotopic (exact) mass is 470 g/mol. The Morgan fingerprint density at radius 3 is 0.968 bits per heavy atom. The smallest absolute Gasteiger partial charge is 0.379 e. The maximum atomic E-state index is 6.14. The molecule has 0 aromatic carbocycles. The van der Waals surface area contributed by atoms with Crippen molar-refractivity contribution in [1.29, 1.82) is 0 Å². The van der Waals surface area contributed by atoms with Crippen LogP contribution in [0.4, 0.5) is 0 Å². The highest BCUT2D eigenvalue weighted by molar-refractivity contribution is 6.60. The summed E-state index contributed by atoms with van der Waals surface area (Å²) in [5.74, 6) is 0. The summed E-state index contributed by atoms with van der Waals surface area (Å²) in [6, 6.07) is 0.726. The molecule has 0 radical (unpaired) electrons. The quantitative estimate of drug-likeness (QED) is 0.140. The first-order valence-corrected chi connectivity index (χ1v) is 13.6. The summed E-state index contributed by atoms with van der Waals surface area (Å²) in [4.78, 5) is 0. The molecule has 31 heavy (non-hydrogen) atoms. The van der Waals surface area contributed by atoms with Gasteiger partial charge in [0.1, 0.15) is 0 Å². The summed E-state index contributed by atoms with van der Waals surface area (Å²) in [5.41, 5.74) is 0. The van der Waals surface area contributed by atoms with E-state index >= 15 is 0 Å². The molecule has 0 aromatic heterocycles. The average Bonchev–Trinajstić information content (AvgIpc) is 2.77. The third-order valence-corrected chi connectivity index (χ3v) is 6.98. The topological polar surface area (TPSA) is 83.1 Å². The molecule has 0 atom stereocenters. The molecular formula is C21H46O9Si. The summed E-state index contributed by atoms with van der Waals surface area (Å²) in [5, 5.41) is 0. The van der Waals surface area contributed by atoms with Gasteiger partial charge in [0.05, 0.1) is 79.3 Å². The molecule has 0 unspecified atom stereocenters. The molecule has 9 nitrogen and oxygen atoms in total. The van der Waals surface area contributed by atoms with Crippen molar-refractivity contribution >= 4 is 8.80 Å². The number of hydrogen-bond acceptors (Lipinski definition) is 9. The van der Waals surface area contributed by atoms with Gasteiger partial charge in [-0.3, -0.25) is 0 Å². The van der Waals surface area contributed by atoms with E-state index in [1.165, 1.54) is 0 Å². The van der Waals surface area contributed by atoms with E-state index in [4.69, 9.17) is 41.7 Å². The molecule has 0 spiro atoms. The van der Waals surface area contributed by atoms with Crippen molar-refractivity contribution in [1.82, 2.24) is 0 Å². The molecule has 10 heteroatoms. The van der Waals surface area contributed by atoms with Crippen molar-refractivity contribution in [2.45, 2.75) is 40.2 Å². The van der Waals surface area contributed by atoms with Crippen LogP contribution in [0.25, 0.3) is 0 Å². The fourth-order valence-electron chi connectivity index (χ4n) is 2.51. The minimum Gasteiger partial charge on any atom is -0.379 e. The van der Waals surface area contributed by atoms with Gasteiger partial charge in [0, 0.05) is 25.9 Å². The summed E-state index contributed by atoms with van der Waals surface area (Å²) < 4.78 is 50.9. The van der Waals surface area contributed by atoms with Crippen molar-refractivity contribution in [3.8, 4) is 0 Å². The molecule has 0 heterocycles. The van der Waals surface area contributed by atoms with Gasteiger partial charge in [-0.2, -0.15) is 0 Å². The van der Waals surface area contributed by atoms with Crippen LogP contribution < -0.4 is 0 Å².